The molecule has 0 bridgehead atoms. The average molecular weight is 500 g/mol. The van der Waals surface area contributed by atoms with Crippen LogP contribution in [0.25, 0.3) is 0 Å². The summed E-state index contributed by atoms with van der Waals surface area (Å²) < 4.78 is 12.4. The van der Waals surface area contributed by atoms with E-state index in [2.05, 4.69) is 10.3 Å². The molecule has 2 heterocycles. The van der Waals surface area contributed by atoms with Gasteiger partial charge in [-0.1, -0.05) is 23.9 Å². The lowest BCUT2D eigenvalue weighted by Gasteiger charge is -2.22. The first-order valence-corrected chi connectivity index (χ1v) is 13.2. The van der Waals surface area contributed by atoms with Gasteiger partial charge in [0.05, 0.1) is 26.5 Å². The number of hydrogen-bond acceptors (Lipinski definition) is 7. The minimum absolute atomic E-state index is 0.0698. The Hall–Kier alpha value is -2.78. The van der Waals surface area contributed by atoms with Crippen LogP contribution in [0.1, 0.15) is 34.5 Å². The summed E-state index contributed by atoms with van der Waals surface area (Å²) in [6.07, 6.45) is 4.61. The second-order valence-electron chi connectivity index (χ2n) is 8.08. The largest absolute Gasteiger partial charge is 0.493 e. The Balaban J connectivity index is 1.36. The molecule has 3 aromatic rings. The minimum Gasteiger partial charge on any atom is -0.493 e. The molecule has 0 saturated heterocycles. The van der Waals surface area contributed by atoms with Gasteiger partial charge in [0.25, 0.3) is 0 Å². The van der Waals surface area contributed by atoms with E-state index in [1.54, 1.807) is 25.6 Å². The lowest BCUT2D eigenvalue weighted by molar-refractivity contribution is -0.118. The minimum atomic E-state index is -0.231. The molecule has 9 heteroatoms. The van der Waals surface area contributed by atoms with Crippen LogP contribution >= 0.6 is 23.1 Å². The predicted octanol–water partition coefficient (Wildman–Crippen LogP) is 3.70. The van der Waals surface area contributed by atoms with Crippen molar-refractivity contribution in [2.24, 2.45) is 0 Å². The summed E-state index contributed by atoms with van der Waals surface area (Å²) in [5, 5.41) is 5.69. The summed E-state index contributed by atoms with van der Waals surface area (Å²) >= 11 is 3.01. The van der Waals surface area contributed by atoms with Crippen molar-refractivity contribution in [2.45, 2.75) is 43.7 Å². The number of carbonyl (C=O) groups excluding carboxylic acids is 1. The third-order valence-electron chi connectivity index (χ3n) is 5.87. The molecule has 4 rings (SSSR count). The number of benzene rings is 1. The van der Waals surface area contributed by atoms with Crippen molar-refractivity contribution in [1.29, 1.82) is 0 Å². The summed E-state index contributed by atoms with van der Waals surface area (Å²) in [5.41, 5.74) is 3.03. The number of rotatable bonds is 10. The zero-order chi connectivity index (χ0) is 23.9. The molecule has 7 nitrogen and oxygen atoms in total. The van der Waals surface area contributed by atoms with Gasteiger partial charge >= 0.3 is 5.69 Å². The van der Waals surface area contributed by atoms with Crippen LogP contribution in [0.4, 0.5) is 0 Å². The van der Waals surface area contributed by atoms with Crippen LogP contribution in [-0.2, 0) is 30.6 Å². The van der Waals surface area contributed by atoms with Gasteiger partial charge < -0.3 is 14.8 Å². The molecule has 1 aromatic carbocycles. The summed E-state index contributed by atoms with van der Waals surface area (Å²) in [6, 6.07) is 9.78. The lowest BCUT2D eigenvalue weighted by Crippen LogP contribution is -2.31. The molecule has 0 aliphatic heterocycles. The molecule has 1 aliphatic rings. The van der Waals surface area contributed by atoms with E-state index in [0.717, 1.165) is 47.4 Å². The van der Waals surface area contributed by atoms with Crippen molar-refractivity contribution in [3.8, 4) is 11.5 Å². The van der Waals surface area contributed by atoms with Gasteiger partial charge in [0.1, 0.15) is 5.03 Å². The maximum absolute atomic E-state index is 12.8. The van der Waals surface area contributed by atoms with Crippen molar-refractivity contribution in [3.05, 3.63) is 67.9 Å². The molecule has 0 spiro atoms. The summed E-state index contributed by atoms with van der Waals surface area (Å²) in [5.74, 6) is 1.52. The first-order chi connectivity index (χ1) is 16.6. The molecule has 1 amide bonds. The Bertz CT molecular complexity index is 1190. The number of methoxy groups -OCH3 is 2. The quantitative estimate of drug-likeness (QED) is 0.338. The maximum Gasteiger partial charge on any atom is 0.349 e. The molecule has 180 valence electrons. The standard InChI is InChI=1S/C25H29N3O4S2/c1-31-21-10-9-17(14-22(21)32-2)11-12-26-23(29)16-34-24-19-7-3-4-8-20(19)28(25(30)27-24)15-18-6-5-13-33-18/h5-6,9-10,13-14H,3-4,7-8,11-12,15-16H2,1-2H3,(H,26,29). The highest BCUT2D eigenvalue weighted by Crippen LogP contribution is 2.29. The van der Waals surface area contributed by atoms with Crippen LogP contribution < -0.4 is 20.5 Å². The Kier molecular flexibility index (Phi) is 8.29. The predicted molar refractivity (Wildman–Crippen MR) is 136 cm³/mol. The molecular formula is C25H29N3O4S2. The molecule has 0 saturated carbocycles. The number of ether oxygens (including phenoxy) is 2. The fraction of sp³-hybridized carbons (Fsp3) is 0.400. The SMILES string of the molecule is COc1ccc(CCNC(=O)CSc2nc(=O)n(Cc3cccs3)c3c2CCCC3)cc1OC. The first-order valence-electron chi connectivity index (χ1n) is 11.3. The molecule has 1 N–H and O–H groups in total. The van der Waals surface area contributed by atoms with E-state index in [-0.39, 0.29) is 17.3 Å². The fourth-order valence-electron chi connectivity index (χ4n) is 4.16. The van der Waals surface area contributed by atoms with E-state index in [1.807, 2.05) is 40.3 Å². The summed E-state index contributed by atoms with van der Waals surface area (Å²) in [7, 11) is 3.21. The lowest BCUT2D eigenvalue weighted by atomic mass is 9.97. The highest BCUT2D eigenvalue weighted by atomic mass is 32.2. The number of aromatic nitrogens is 2. The Morgan fingerprint density at radius 2 is 2.00 bits per heavy atom. The van der Waals surface area contributed by atoms with Gasteiger partial charge in [0.15, 0.2) is 11.5 Å². The monoisotopic (exact) mass is 499 g/mol. The van der Waals surface area contributed by atoms with Crippen LogP contribution in [0.15, 0.2) is 45.5 Å². The van der Waals surface area contributed by atoms with Crippen molar-refractivity contribution >= 4 is 29.0 Å². The van der Waals surface area contributed by atoms with Gasteiger partial charge in [-0.25, -0.2) is 4.79 Å². The Labute approximate surface area is 207 Å². The van der Waals surface area contributed by atoms with E-state index < -0.39 is 0 Å². The highest BCUT2D eigenvalue weighted by molar-refractivity contribution is 7.99. The van der Waals surface area contributed by atoms with E-state index in [9.17, 15) is 9.59 Å². The van der Waals surface area contributed by atoms with E-state index in [4.69, 9.17) is 9.47 Å². The van der Waals surface area contributed by atoms with Crippen LogP contribution in [0.2, 0.25) is 0 Å². The summed E-state index contributed by atoms with van der Waals surface area (Å²) in [4.78, 5) is 30.8. The Morgan fingerprint density at radius 1 is 1.18 bits per heavy atom. The third-order valence-corrected chi connectivity index (χ3v) is 7.75. The number of nitrogens with one attached hydrogen (secondary N) is 1. The smallest absolute Gasteiger partial charge is 0.349 e. The second kappa shape index (κ2) is 11.6. The fourth-order valence-corrected chi connectivity index (χ4v) is 5.76. The molecular weight excluding hydrogens is 470 g/mol. The molecule has 2 aromatic heterocycles. The van der Waals surface area contributed by atoms with Crippen LogP contribution in [0, 0.1) is 0 Å². The van der Waals surface area contributed by atoms with Crippen molar-refractivity contribution in [1.82, 2.24) is 14.9 Å². The number of carbonyl (C=O) groups is 1. The number of amides is 1. The van der Waals surface area contributed by atoms with E-state index >= 15 is 0 Å². The van der Waals surface area contributed by atoms with Crippen molar-refractivity contribution in [3.63, 3.8) is 0 Å². The van der Waals surface area contributed by atoms with Gasteiger partial charge in [0.2, 0.25) is 5.91 Å². The van der Waals surface area contributed by atoms with Gasteiger partial charge in [0, 0.05) is 22.7 Å². The number of nitrogens with zero attached hydrogens (tertiary/aromatic N) is 2. The third kappa shape index (κ3) is 5.82. The van der Waals surface area contributed by atoms with Gasteiger partial charge in [-0.05, 0) is 61.2 Å². The molecule has 0 unspecified atom stereocenters. The van der Waals surface area contributed by atoms with E-state index in [0.29, 0.717) is 36.0 Å². The molecule has 0 fully saturated rings. The average Bonchev–Trinajstić information content (AvgIpc) is 3.38. The van der Waals surface area contributed by atoms with Crippen molar-refractivity contribution in [2.75, 3.05) is 26.5 Å². The van der Waals surface area contributed by atoms with Crippen LogP contribution in [0.5, 0.6) is 11.5 Å². The topological polar surface area (TPSA) is 82.5 Å². The molecule has 0 atom stereocenters. The van der Waals surface area contributed by atoms with Gasteiger partial charge in [-0.2, -0.15) is 4.98 Å². The highest BCUT2D eigenvalue weighted by Gasteiger charge is 2.21. The number of fused-ring (bicyclic) bond motifs is 1. The first kappa shape index (κ1) is 24.3. The Morgan fingerprint density at radius 3 is 2.76 bits per heavy atom. The number of hydrogen-bond donors (Lipinski definition) is 1. The number of thiophene rings is 1. The van der Waals surface area contributed by atoms with E-state index in [1.165, 1.54) is 11.8 Å². The zero-order valence-corrected chi connectivity index (χ0v) is 21.1. The van der Waals surface area contributed by atoms with Crippen molar-refractivity contribution < 1.29 is 14.3 Å². The van der Waals surface area contributed by atoms with Crippen LogP contribution in [-0.4, -0.2) is 42.0 Å². The molecule has 1 aliphatic carbocycles. The summed E-state index contributed by atoms with van der Waals surface area (Å²) in [6.45, 7) is 1.08. The van der Waals surface area contributed by atoms with Gasteiger partial charge in [-0.15, -0.1) is 11.3 Å². The van der Waals surface area contributed by atoms with Crippen LogP contribution in [0.3, 0.4) is 0 Å². The van der Waals surface area contributed by atoms with Gasteiger partial charge in [-0.3, -0.25) is 9.36 Å². The molecule has 34 heavy (non-hydrogen) atoms. The normalized spacial score (nSPS) is 12.8. The second-order valence-corrected chi connectivity index (χ2v) is 10.1. The number of thioether (sulfide) groups is 1. The molecule has 0 radical (unpaired) electrons. The zero-order valence-electron chi connectivity index (χ0n) is 19.5. The maximum atomic E-state index is 12.8.